The van der Waals surface area contributed by atoms with Crippen LogP contribution in [-0.4, -0.2) is 58.9 Å². The molecule has 0 unspecified atom stereocenters. The third-order valence-corrected chi connectivity index (χ3v) is 7.32. The van der Waals surface area contributed by atoms with E-state index in [1.54, 1.807) is 32.4 Å². The fraction of sp³-hybridized carbons (Fsp3) is 0.258. The average molecular weight is 553 g/mol. The first kappa shape index (κ1) is 26.4. The zero-order valence-electron chi connectivity index (χ0n) is 23.2. The van der Waals surface area contributed by atoms with Gasteiger partial charge in [0.2, 0.25) is 11.8 Å². The number of amides is 1. The monoisotopic (exact) mass is 552 g/mol. The molecule has 0 saturated carbocycles. The highest BCUT2D eigenvalue weighted by molar-refractivity contribution is 5.98. The molecule has 0 atom stereocenters. The largest absolute Gasteiger partial charge is 0.495 e. The lowest BCUT2D eigenvalue weighted by atomic mass is 10.0. The molecule has 1 saturated heterocycles. The molecule has 4 heterocycles. The summed E-state index contributed by atoms with van der Waals surface area (Å²) in [5, 5.41) is 6.69. The van der Waals surface area contributed by atoms with E-state index in [-0.39, 0.29) is 12.0 Å². The Morgan fingerprint density at radius 3 is 2.56 bits per heavy atom. The topological polar surface area (TPSA) is 115 Å². The van der Waals surface area contributed by atoms with E-state index in [0.29, 0.717) is 47.7 Å². The van der Waals surface area contributed by atoms with Gasteiger partial charge in [-0.2, -0.15) is 9.97 Å². The number of carbonyl (C=O) groups is 1. The number of benzene rings is 2. The molecule has 10 heteroatoms. The molecule has 10 nitrogen and oxygen atoms in total. The van der Waals surface area contributed by atoms with Gasteiger partial charge in [0.1, 0.15) is 17.5 Å². The van der Waals surface area contributed by atoms with Gasteiger partial charge < -0.3 is 34.4 Å². The SMILES string of the molecule is CNC(=O)c1ccc(Nc2nc(OC3CCOCC3)c3c(-c4ccc(-c5cccn5C)cc4)c[nH]c3n2)c(OC)c1. The van der Waals surface area contributed by atoms with E-state index in [1.807, 2.05) is 25.5 Å². The molecule has 0 spiro atoms. The summed E-state index contributed by atoms with van der Waals surface area (Å²) in [7, 11) is 5.18. The average Bonchev–Trinajstić information content (AvgIpc) is 3.64. The van der Waals surface area contributed by atoms with Crippen molar-refractivity contribution in [3.63, 3.8) is 0 Å². The van der Waals surface area contributed by atoms with Crippen molar-refractivity contribution in [2.45, 2.75) is 18.9 Å². The number of anilines is 2. The Morgan fingerprint density at radius 2 is 1.85 bits per heavy atom. The fourth-order valence-electron chi connectivity index (χ4n) is 5.10. The van der Waals surface area contributed by atoms with Crippen molar-refractivity contribution in [1.82, 2.24) is 24.8 Å². The van der Waals surface area contributed by atoms with Crippen molar-refractivity contribution >= 4 is 28.6 Å². The van der Waals surface area contributed by atoms with Crippen LogP contribution >= 0.6 is 0 Å². The molecule has 3 aromatic heterocycles. The van der Waals surface area contributed by atoms with E-state index < -0.39 is 0 Å². The highest BCUT2D eigenvalue weighted by atomic mass is 16.5. The highest BCUT2D eigenvalue weighted by Gasteiger charge is 2.22. The van der Waals surface area contributed by atoms with Gasteiger partial charge in [0.15, 0.2) is 0 Å². The van der Waals surface area contributed by atoms with Gasteiger partial charge in [0, 0.05) is 56.2 Å². The number of rotatable bonds is 8. The minimum atomic E-state index is -0.199. The number of hydrogen-bond donors (Lipinski definition) is 3. The summed E-state index contributed by atoms with van der Waals surface area (Å²) in [6.45, 7) is 1.30. The molecule has 1 aliphatic heterocycles. The molecule has 5 aromatic rings. The van der Waals surface area contributed by atoms with Gasteiger partial charge in [-0.05, 0) is 41.5 Å². The first-order valence-corrected chi connectivity index (χ1v) is 13.6. The molecule has 1 fully saturated rings. The summed E-state index contributed by atoms with van der Waals surface area (Å²) in [5.74, 6) is 1.13. The van der Waals surface area contributed by atoms with Crippen molar-refractivity contribution in [3.8, 4) is 34.0 Å². The minimum Gasteiger partial charge on any atom is -0.495 e. The number of aromatic amines is 1. The van der Waals surface area contributed by atoms with Gasteiger partial charge in [-0.25, -0.2) is 0 Å². The van der Waals surface area contributed by atoms with E-state index >= 15 is 0 Å². The van der Waals surface area contributed by atoms with Gasteiger partial charge in [0.25, 0.3) is 5.91 Å². The van der Waals surface area contributed by atoms with Crippen molar-refractivity contribution in [2.75, 3.05) is 32.7 Å². The highest BCUT2D eigenvalue weighted by Crippen LogP contribution is 2.37. The van der Waals surface area contributed by atoms with Crippen LogP contribution in [-0.2, 0) is 11.8 Å². The molecular formula is C31H32N6O4. The fourth-order valence-corrected chi connectivity index (χ4v) is 5.10. The molecular weight excluding hydrogens is 520 g/mol. The van der Waals surface area contributed by atoms with Gasteiger partial charge in [-0.1, -0.05) is 24.3 Å². The Balaban J connectivity index is 1.38. The maximum Gasteiger partial charge on any atom is 0.251 e. The third-order valence-electron chi connectivity index (χ3n) is 7.32. The Bertz CT molecular complexity index is 1690. The van der Waals surface area contributed by atoms with Gasteiger partial charge in [-0.3, -0.25) is 4.79 Å². The quantitative estimate of drug-likeness (QED) is 0.239. The number of carbonyl (C=O) groups excluding carboxylic acids is 1. The zero-order valence-corrected chi connectivity index (χ0v) is 23.2. The van der Waals surface area contributed by atoms with Crippen LogP contribution in [0.15, 0.2) is 67.0 Å². The lowest BCUT2D eigenvalue weighted by Crippen LogP contribution is -2.26. The summed E-state index contributed by atoms with van der Waals surface area (Å²) in [4.78, 5) is 25.0. The second-order valence-electron chi connectivity index (χ2n) is 9.91. The molecule has 6 rings (SSSR count). The summed E-state index contributed by atoms with van der Waals surface area (Å²) < 4.78 is 19.7. The zero-order chi connectivity index (χ0) is 28.3. The van der Waals surface area contributed by atoms with E-state index in [4.69, 9.17) is 24.2 Å². The predicted molar refractivity (Wildman–Crippen MR) is 158 cm³/mol. The number of nitrogens with one attached hydrogen (secondary N) is 3. The first-order valence-electron chi connectivity index (χ1n) is 13.6. The summed E-state index contributed by atoms with van der Waals surface area (Å²) in [6, 6.07) is 17.7. The summed E-state index contributed by atoms with van der Waals surface area (Å²) in [5.41, 5.74) is 6.03. The number of hydrogen-bond acceptors (Lipinski definition) is 7. The van der Waals surface area contributed by atoms with Crippen molar-refractivity contribution < 1.29 is 19.0 Å². The van der Waals surface area contributed by atoms with Gasteiger partial charge >= 0.3 is 0 Å². The molecule has 210 valence electrons. The first-order chi connectivity index (χ1) is 20.0. The third kappa shape index (κ3) is 5.33. The number of H-pyrrole nitrogens is 1. The lowest BCUT2D eigenvalue weighted by Gasteiger charge is -2.23. The maximum atomic E-state index is 12.1. The summed E-state index contributed by atoms with van der Waals surface area (Å²) >= 11 is 0. The predicted octanol–water partition coefficient (Wildman–Crippen LogP) is 5.30. The normalized spacial score (nSPS) is 13.7. The Labute approximate surface area is 237 Å². The molecule has 3 N–H and O–H groups in total. The van der Waals surface area contributed by atoms with Crippen LogP contribution < -0.4 is 20.1 Å². The number of aryl methyl sites for hydroxylation is 1. The minimum absolute atomic E-state index is 0.0152. The molecule has 1 amide bonds. The second-order valence-corrected chi connectivity index (χ2v) is 9.91. The van der Waals surface area contributed by atoms with Crippen LogP contribution in [0.3, 0.4) is 0 Å². The number of aromatic nitrogens is 4. The Kier molecular flexibility index (Phi) is 7.30. The molecule has 0 radical (unpaired) electrons. The smallest absolute Gasteiger partial charge is 0.251 e. The molecule has 0 aliphatic carbocycles. The number of methoxy groups -OCH3 is 1. The van der Waals surface area contributed by atoms with Crippen molar-refractivity contribution in [1.29, 1.82) is 0 Å². The second kappa shape index (κ2) is 11.3. The standard InChI is InChI=1S/C31H32N6O4/c1-32-29(38)21-10-11-24(26(17-21)39-3)34-31-35-28-27(30(36-31)41-22-12-15-40-16-13-22)23(18-33-28)19-6-8-20(9-7-19)25-5-4-14-37(25)2/h4-11,14,17-18,22H,12-13,15-16H2,1-3H3,(H,32,38)(H2,33,34,35,36). The van der Waals surface area contributed by atoms with E-state index in [1.165, 1.54) is 0 Å². The van der Waals surface area contributed by atoms with Crippen LogP contribution in [0.1, 0.15) is 23.2 Å². The lowest BCUT2D eigenvalue weighted by molar-refractivity contribution is 0.0244. The summed E-state index contributed by atoms with van der Waals surface area (Å²) in [6.07, 6.45) is 5.54. The van der Waals surface area contributed by atoms with Crippen molar-refractivity contribution in [2.24, 2.45) is 7.05 Å². The molecule has 1 aliphatic rings. The molecule has 2 aromatic carbocycles. The number of ether oxygens (including phenoxy) is 3. The van der Waals surface area contributed by atoms with E-state index in [2.05, 4.69) is 50.5 Å². The van der Waals surface area contributed by atoms with Crippen LogP contribution in [0.4, 0.5) is 11.6 Å². The van der Waals surface area contributed by atoms with Crippen molar-refractivity contribution in [3.05, 3.63) is 72.6 Å². The number of nitrogens with zero attached hydrogens (tertiary/aromatic N) is 3. The number of fused-ring (bicyclic) bond motifs is 1. The van der Waals surface area contributed by atoms with Gasteiger partial charge in [0.05, 0.1) is 31.4 Å². The maximum absolute atomic E-state index is 12.1. The van der Waals surface area contributed by atoms with Crippen LogP contribution in [0.25, 0.3) is 33.4 Å². The van der Waals surface area contributed by atoms with E-state index in [0.717, 1.165) is 40.6 Å². The van der Waals surface area contributed by atoms with Crippen LogP contribution in [0, 0.1) is 0 Å². The van der Waals surface area contributed by atoms with Gasteiger partial charge in [-0.15, -0.1) is 0 Å². The van der Waals surface area contributed by atoms with E-state index in [9.17, 15) is 4.79 Å². The molecule has 41 heavy (non-hydrogen) atoms. The van der Waals surface area contributed by atoms with Crippen LogP contribution in [0.2, 0.25) is 0 Å². The Morgan fingerprint density at radius 1 is 1.07 bits per heavy atom. The molecule has 0 bridgehead atoms. The Hall–Kier alpha value is -4.83. The van der Waals surface area contributed by atoms with Crippen LogP contribution in [0.5, 0.6) is 11.6 Å².